The van der Waals surface area contributed by atoms with E-state index in [1.807, 2.05) is 0 Å². The van der Waals surface area contributed by atoms with Gasteiger partial charge in [0.2, 0.25) is 0 Å². The van der Waals surface area contributed by atoms with Crippen LogP contribution in [0.4, 0.5) is 0 Å². The Morgan fingerprint density at radius 3 is 1.38 bits per heavy atom. The molecule has 29 heavy (non-hydrogen) atoms. The molecule has 4 rings (SSSR count). The van der Waals surface area contributed by atoms with Gasteiger partial charge in [-0.3, -0.25) is 0 Å². The molecule has 2 aliphatic carbocycles. The molecule has 0 aromatic heterocycles. The molecule has 2 unspecified atom stereocenters. The molecule has 2 aromatic rings. The van der Waals surface area contributed by atoms with Crippen LogP contribution in [-0.4, -0.2) is 0 Å². The normalized spacial score (nSPS) is 19.0. The molecule has 0 amide bonds. The molecule has 0 N–H and O–H groups in total. The van der Waals surface area contributed by atoms with E-state index in [2.05, 4.69) is 90.1 Å². The van der Waals surface area contributed by atoms with Crippen molar-refractivity contribution >= 4 is 12.2 Å². The predicted octanol–water partition coefficient (Wildman–Crippen LogP) is 1.64. The van der Waals surface area contributed by atoms with E-state index in [0.29, 0.717) is 19.1 Å². The standard InChI is InChI=1S/2C13H15.2ClH.Zr/c2*1-9(2)12-6-4-5-11-7-10(3)8-13(11)12;;;/h2*4-9H,1-3H3;2*1H;/q;;;;+2/p-2. The van der Waals surface area contributed by atoms with Crippen molar-refractivity contribution in [1.82, 2.24) is 0 Å². The van der Waals surface area contributed by atoms with E-state index < -0.39 is 23.2 Å². The molecule has 0 aliphatic heterocycles. The molecule has 3 heteroatoms. The van der Waals surface area contributed by atoms with Crippen LogP contribution in [0.2, 0.25) is 0 Å². The minimum absolute atomic E-state index is 0. The van der Waals surface area contributed by atoms with Crippen molar-refractivity contribution in [2.45, 2.75) is 60.6 Å². The first-order valence-corrected chi connectivity index (χ1v) is 13.1. The Kier molecular flexibility index (Phi) is 8.22. The number of fused-ring (bicyclic) bond motifs is 2. The maximum atomic E-state index is 2.50. The van der Waals surface area contributed by atoms with Crippen LogP contribution in [0, 0.1) is 0 Å². The minimum Gasteiger partial charge on any atom is -1.00 e. The van der Waals surface area contributed by atoms with Gasteiger partial charge in [-0.25, -0.2) is 0 Å². The van der Waals surface area contributed by atoms with Gasteiger partial charge >= 0.3 is 177 Å². The number of rotatable bonds is 4. The van der Waals surface area contributed by atoms with E-state index in [1.165, 1.54) is 22.3 Å². The van der Waals surface area contributed by atoms with Crippen molar-refractivity contribution in [2.24, 2.45) is 0 Å². The Labute approximate surface area is 200 Å². The summed E-state index contributed by atoms with van der Waals surface area (Å²) in [5.41, 5.74) is 12.6. The fourth-order valence-corrected chi connectivity index (χ4v) is 9.41. The summed E-state index contributed by atoms with van der Waals surface area (Å²) in [5, 5.41) is 0. The summed E-state index contributed by atoms with van der Waals surface area (Å²) in [6.45, 7) is 14.0. The van der Waals surface area contributed by atoms with Crippen LogP contribution in [0.5, 0.6) is 0 Å². The zero-order chi connectivity index (χ0) is 19.3. The molecular weight excluding hydrogens is 474 g/mol. The quantitative estimate of drug-likeness (QED) is 0.594. The van der Waals surface area contributed by atoms with Gasteiger partial charge in [-0.1, -0.05) is 0 Å². The van der Waals surface area contributed by atoms with Crippen molar-refractivity contribution in [3.05, 3.63) is 80.9 Å². The van der Waals surface area contributed by atoms with Crippen LogP contribution in [0.15, 0.2) is 47.5 Å². The number of benzene rings is 2. The van der Waals surface area contributed by atoms with Gasteiger partial charge in [0, 0.05) is 0 Å². The Hall–Kier alpha value is -0.617. The number of halogens is 2. The second-order valence-electron chi connectivity index (χ2n) is 8.82. The summed E-state index contributed by atoms with van der Waals surface area (Å²) >= 11 is -0.714. The van der Waals surface area contributed by atoms with Crippen molar-refractivity contribution in [1.29, 1.82) is 0 Å². The average molecular weight is 505 g/mol. The molecule has 2 aromatic carbocycles. The molecular formula is C26H30Cl2Zr. The predicted molar refractivity (Wildman–Crippen MR) is 114 cm³/mol. The molecule has 0 bridgehead atoms. The summed E-state index contributed by atoms with van der Waals surface area (Å²) in [7, 11) is 0. The first-order chi connectivity index (χ1) is 12.9. The molecule has 152 valence electrons. The van der Waals surface area contributed by atoms with E-state index in [9.17, 15) is 0 Å². The molecule has 0 saturated heterocycles. The van der Waals surface area contributed by atoms with Crippen LogP contribution >= 0.6 is 0 Å². The number of hydrogen-bond acceptors (Lipinski definition) is 0. The van der Waals surface area contributed by atoms with Gasteiger partial charge in [-0.15, -0.1) is 0 Å². The van der Waals surface area contributed by atoms with Crippen molar-refractivity contribution < 1.29 is 48.0 Å². The number of hydrogen-bond donors (Lipinski definition) is 0. The molecule has 0 heterocycles. The summed E-state index contributed by atoms with van der Waals surface area (Å²) in [4.78, 5) is 0. The van der Waals surface area contributed by atoms with Crippen LogP contribution in [0.25, 0.3) is 12.2 Å². The smallest absolute Gasteiger partial charge is 1.00 e. The summed E-state index contributed by atoms with van der Waals surface area (Å²) in [6.07, 6.45) is 4.99. The summed E-state index contributed by atoms with van der Waals surface area (Å²) in [5.74, 6) is 1.19. The van der Waals surface area contributed by atoms with Gasteiger partial charge in [0.25, 0.3) is 0 Å². The zero-order valence-electron chi connectivity index (χ0n) is 18.2. The Bertz CT molecular complexity index is 876. The summed E-state index contributed by atoms with van der Waals surface area (Å²) in [6, 6.07) is 14.0. The van der Waals surface area contributed by atoms with Crippen LogP contribution in [0.1, 0.15) is 94.0 Å². The average Bonchev–Trinajstić information content (AvgIpc) is 3.11. The van der Waals surface area contributed by atoms with Crippen molar-refractivity contribution in [2.75, 3.05) is 0 Å². The van der Waals surface area contributed by atoms with Crippen LogP contribution < -0.4 is 24.8 Å². The van der Waals surface area contributed by atoms with E-state index >= 15 is 0 Å². The minimum atomic E-state index is -0.714. The molecule has 0 radical (unpaired) electrons. The third-order valence-electron chi connectivity index (χ3n) is 6.20. The Morgan fingerprint density at radius 1 is 0.655 bits per heavy atom. The van der Waals surface area contributed by atoms with Gasteiger partial charge < -0.3 is 24.8 Å². The molecule has 2 aliphatic rings. The summed E-state index contributed by atoms with van der Waals surface area (Å²) < 4.78 is 1.42. The fourth-order valence-electron chi connectivity index (χ4n) is 4.77. The largest absolute Gasteiger partial charge is 1.00 e. The first kappa shape index (κ1) is 24.7. The molecule has 0 nitrogen and oxygen atoms in total. The topological polar surface area (TPSA) is 0 Å². The Morgan fingerprint density at radius 2 is 1.03 bits per heavy atom. The Balaban J connectivity index is 0.00000150. The SMILES string of the molecule is CC1=Cc2c(C(C)C)cccc2[CH]1[Zr+2][CH]1C(C)=Cc2c(C(C)C)cccc21.[Cl-].[Cl-]. The monoisotopic (exact) mass is 502 g/mol. The maximum Gasteiger partial charge on any atom is -1.00 e. The van der Waals surface area contributed by atoms with Gasteiger partial charge in [0.15, 0.2) is 0 Å². The third-order valence-corrected chi connectivity index (χ3v) is 11.6. The van der Waals surface area contributed by atoms with Gasteiger partial charge in [-0.2, -0.15) is 0 Å². The first-order valence-electron chi connectivity index (χ1n) is 10.3. The van der Waals surface area contributed by atoms with Crippen molar-refractivity contribution in [3.63, 3.8) is 0 Å². The number of allylic oxidation sites excluding steroid dienone is 2. The van der Waals surface area contributed by atoms with Crippen LogP contribution in [0.3, 0.4) is 0 Å². The second kappa shape index (κ2) is 9.68. The molecule has 0 spiro atoms. The van der Waals surface area contributed by atoms with Gasteiger partial charge in [0.1, 0.15) is 0 Å². The van der Waals surface area contributed by atoms with Gasteiger partial charge in [0.05, 0.1) is 0 Å². The van der Waals surface area contributed by atoms with Crippen molar-refractivity contribution in [3.8, 4) is 0 Å². The van der Waals surface area contributed by atoms with E-state index in [4.69, 9.17) is 0 Å². The van der Waals surface area contributed by atoms with Gasteiger partial charge in [-0.05, 0) is 0 Å². The fraction of sp³-hybridized carbons (Fsp3) is 0.385. The molecule has 2 atom stereocenters. The second-order valence-corrected chi connectivity index (χ2v) is 12.5. The van der Waals surface area contributed by atoms with E-state index in [-0.39, 0.29) is 24.8 Å². The maximum absolute atomic E-state index is 2.50. The van der Waals surface area contributed by atoms with Crippen LogP contribution in [-0.2, 0) is 23.2 Å². The van der Waals surface area contributed by atoms with E-state index in [0.717, 1.165) is 0 Å². The zero-order valence-corrected chi connectivity index (χ0v) is 22.2. The molecule has 0 fully saturated rings. The molecule has 0 saturated carbocycles. The third kappa shape index (κ3) is 4.39. The van der Waals surface area contributed by atoms with E-state index in [1.54, 1.807) is 22.3 Å².